The van der Waals surface area contributed by atoms with Gasteiger partial charge in [-0.2, -0.15) is 5.10 Å². The molecule has 1 N–H and O–H groups in total. The highest BCUT2D eigenvalue weighted by atomic mass is 32.2. The van der Waals surface area contributed by atoms with Crippen LogP contribution in [0.5, 0.6) is 0 Å². The fourth-order valence-corrected chi connectivity index (χ4v) is 2.97. The minimum absolute atomic E-state index is 0.701. The van der Waals surface area contributed by atoms with Crippen LogP contribution in [0.25, 0.3) is 0 Å². The molecule has 0 atom stereocenters. The molecule has 1 aliphatic rings. The minimum atomic E-state index is 0.701. The van der Waals surface area contributed by atoms with E-state index in [2.05, 4.69) is 27.5 Å². The summed E-state index contributed by atoms with van der Waals surface area (Å²) in [6.07, 6.45) is 4.31. The van der Waals surface area contributed by atoms with Crippen LogP contribution in [-0.2, 0) is 20.6 Å². The van der Waals surface area contributed by atoms with Crippen molar-refractivity contribution in [3.8, 4) is 0 Å². The lowest BCUT2D eigenvalue weighted by molar-refractivity contribution is 0.656. The van der Waals surface area contributed by atoms with Crippen molar-refractivity contribution >= 4 is 11.8 Å². The van der Waals surface area contributed by atoms with Crippen LogP contribution in [0.2, 0.25) is 0 Å². The van der Waals surface area contributed by atoms with Gasteiger partial charge in [-0.25, -0.2) is 0 Å². The van der Waals surface area contributed by atoms with E-state index in [1.54, 1.807) is 18.1 Å². The zero-order chi connectivity index (χ0) is 13.4. The van der Waals surface area contributed by atoms with Gasteiger partial charge in [-0.3, -0.25) is 4.68 Å². The molecule has 7 heteroatoms. The largest absolute Gasteiger partial charge is 0.311 e. The van der Waals surface area contributed by atoms with Crippen LogP contribution >= 0.6 is 11.8 Å². The molecule has 2 heterocycles. The predicted octanol–water partition coefficient (Wildman–Crippen LogP) is 1.26. The van der Waals surface area contributed by atoms with Crippen LogP contribution < -0.4 is 5.32 Å². The third-order valence-corrected chi connectivity index (χ3v) is 4.55. The average molecular weight is 278 g/mol. The first kappa shape index (κ1) is 12.7. The fourth-order valence-electron chi connectivity index (χ4n) is 2.00. The molecule has 3 rings (SSSR count). The van der Waals surface area contributed by atoms with Gasteiger partial charge in [0.1, 0.15) is 11.4 Å². The maximum atomic E-state index is 4.52. The molecule has 0 unspecified atom stereocenters. The van der Waals surface area contributed by atoms with Crippen LogP contribution in [-0.4, -0.2) is 30.6 Å². The van der Waals surface area contributed by atoms with Gasteiger partial charge in [0.15, 0.2) is 5.16 Å². The molecule has 0 bridgehead atoms. The molecule has 0 radical (unpaired) electrons. The Kier molecular flexibility index (Phi) is 3.32. The van der Waals surface area contributed by atoms with E-state index >= 15 is 0 Å². The summed E-state index contributed by atoms with van der Waals surface area (Å²) in [5.74, 6) is 0. The Morgan fingerprint density at radius 1 is 1.42 bits per heavy atom. The number of hydrogen-bond donors (Lipinski definition) is 1. The van der Waals surface area contributed by atoms with E-state index in [0.29, 0.717) is 6.04 Å². The van der Waals surface area contributed by atoms with Gasteiger partial charge in [0.05, 0.1) is 5.69 Å². The van der Waals surface area contributed by atoms with Crippen molar-refractivity contribution in [1.82, 2.24) is 29.9 Å². The number of hydrogen-bond acceptors (Lipinski definition) is 5. The summed E-state index contributed by atoms with van der Waals surface area (Å²) >= 11 is 1.62. The van der Waals surface area contributed by atoms with Gasteiger partial charge in [0, 0.05) is 32.2 Å². The highest BCUT2D eigenvalue weighted by molar-refractivity contribution is 7.99. The van der Waals surface area contributed by atoms with Crippen LogP contribution in [0.4, 0.5) is 0 Å². The first-order chi connectivity index (χ1) is 9.15. The average Bonchev–Trinajstić information content (AvgIpc) is 3.05. The maximum absolute atomic E-state index is 4.52. The summed E-state index contributed by atoms with van der Waals surface area (Å²) in [6, 6.07) is 0.701. The predicted molar refractivity (Wildman–Crippen MR) is 72.9 cm³/mol. The Balaban J connectivity index is 1.83. The SMILES string of the molecule is Cc1nn(C)c(Sc2nncn2C)c1CNC1CC1. The molecule has 19 heavy (non-hydrogen) atoms. The summed E-state index contributed by atoms with van der Waals surface area (Å²) in [5, 5.41) is 18.1. The van der Waals surface area contributed by atoms with Gasteiger partial charge in [-0.05, 0) is 31.5 Å². The van der Waals surface area contributed by atoms with Crippen molar-refractivity contribution in [2.24, 2.45) is 14.1 Å². The van der Waals surface area contributed by atoms with E-state index in [1.807, 2.05) is 23.3 Å². The molecule has 2 aromatic heterocycles. The smallest absolute Gasteiger partial charge is 0.197 e. The van der Waals surface area contributed by atoms with Crippen molar-refractivity contribution in [2.75, 3.05) is 0 Å². The Labute approximate surface area is 116 Å². The molecule has 0 aromatic carbocycles. The number of aromatic nitrogens is 5. The number of aryl methyl sites for hydroxylation is 3. The molecule has 1 saturated carbocycles. The molecule has 102 valence electrons. The van der Waals surface area contributed by atoms with E-state index < -0.39 is 0 Å². The molecule has 0 spiro atoms. The highest BCUT2D eigenvalue weighted by Gasteiger charge is 2.23. The monoisotopic (exact) mass is 278 g/mol. The Morgan fingerprint density at radius 3 is 2.84 bits per heavy atom. The molecule has 0 amide bonds. The molecule has 2 aromatic rings. The van der Waals surface area contributed by atoms with Gasteiger partial charge in [0.2, 0.25) is 0 Å². The topological polar surface area (TPSA) is 60.6 Å². The second kappa shape index (κ2) is 4.97. The zero-order valence-electron chi connectivity index (χ0n) is 11.4. The Bertz CT molecular complexity index is 583. The number of rotatable bonds is 5. The van der Waals surface area contributed by atoms with Crippen LogP contribution in [0.1, 0.15) is 24.1 Å². The van der Waals surface area contributed by atoms with Gasteiger partial charge in [0.25, 0.3) is 0 Å². The third kappa shape index (κ3) is 2.66. The lowest BCUT2D eigenvalue weighted by atomic mass is 10.2. The normalized spacial score (nSPS) is 15.1. The molecule has 1 aliphatic carbocycles. The number of nitrogens with zero attached hydrogens (tertiary/aromatic N) is 5. The first-order valence-electron chi connectivity index (χ1n) is 6.43. The standard InChI is InChI=1S/C12H18N6S/c1-8-10(6-13-9-4-5-9)11(18(3)16-8)19-12-15-14-7-17(12)2/h7,9,13H,4-6H2,1-3H3. The first-order valence-corrected chi connectivity index (χ1v) is 7.24. The third-order valence-electron chi connectivity index (χ3n) is 3.29. The van der Waals surface area contributed by atoms with Crippen molar-refractivity contribution in [2.45, 2.75) is 42.5 Å². The maximum Gasteiger partial charge on any atom is 0.197 e. The fraction of sp³-hybridized carbons (Fsp3) is 0.583. The zero-order valence-corrected chi connectivity index (χ0v) is 12.2. The van der Waals surface area contributed by atoms with Crippen molar-refractivity contribution in [1.29, 1.82) is 0 Å². The number of nitrogens with one attached hydrogen (secondary N) is 1. The van der Waals surface area contributed by atoms with Crippen molar-refractivity contribution in [3.05, 3.63) is 17.6 Å². The highest BCUT2D eigenvalue weighted by Crippen LogP contribution is 2.30. The molecule has 6 nitrogen and oxygen atoms in total. The summed E-state index contributed by atoms with van der Waals surface area (Å²) in [5.41, 5.74) is 2.35. The second-order valence-electron chi connectivity index (χ2n) is 4.97. The molecular weight excluding hydrogens is 260 g/mol. The van der Waals surface area contributed by atoms with Gasteiger partial charge >= 0.3 is 0 Å². The summed E-state index contributed by atoms with van der Waals surface area (Å²) in [6.45, 7) is 2.94. The molecule has 0 aliphatic heterocycles. The van der Waals surface area contributed by atoms with E-state index in [-0.39, 0.29) is 0 Å². The summed E-state index contributed by atoms with van der Waals surface area (Å²) in [7, 11) is 3.93. The van der Waals surface area contributed by atoms with Crippen LogP contribution in [0.3, 0.4) is 0 Å². The van der Waals surface area contributed by atoms with E-state index in [4.69, 9.17) is 0 Å². The van der Waals surface area contributed by atoms with Gasteiger partial charge < -0.3 is 9.88 Å². The van der Waals surface area contributed by atoms with E-state index in [0.717, 1.165) is 22.4 Å². The summed E-state index contributed by atoms with van der Waals surface area (Å²) < 4.78 is 3.85. The quantitative estimate of drug-likeness (QED) is 0.892. The second-order valence-corrected chi connectivity index (χ2v) is 5.93. The lowest BCUT2D eigenvalue weighted by Gasteiger charge is -2.06. The lowest BCUT2D eigenvalue weighted by Crippen LogP contribution is -2.16. The summed E-state index contributed by atoms with van der Waals surface area (Å²) in [4.78, 5) is 0. The molecule has 0 saturated heterocycles. The van der Waals surface area contributed by atoms with Crippen LogP contribution in [0, 0.1) is 6.92 Å². The Hall–Kier alpha value is -1.34. The molecule has 1 fully saturated rings. The van der Waals surface area contributed by atoms with E-state index in [9.17, 15) is 0 Å². The van der Waals surface area contributed by atoms with Gasteiger partial charge in [-0.1, -0.05) is 0 Å². The van der Waals surface area contributed by atoms with Crippen LogP contribution in [0.15, 0.2) is 16.5 Å². The minimum Gasteiger partial charge on any atom is -0.311 e. The van der Waals surface area contributed by atoms with Crippen molar-refractivity contribution < 1.29 is 0 Å². The van der Waals surface area contributed by atoms with Crippen molar-refractivity contribution in [3.63, 3.8) is 0 Å². The molecular formula is C12H18N6S. The Morgan fingerprint density at radius 2 is 2.21 bits per heavy atom. The van der Waals surface area contributed by atoms with Gasteiger partial charge in [-0.15, -0.1) is 10.2 Å². The van der Waals surface area contributed by atoms with E-state index in [1.165, 1.54) is 18.4 Å².